The number of sulfonamides is 1. The highest BCUT2D eigenvalue weighted by Crippen LogP contribution is 2.26. The van der Waals surface area contributed by atoms with Crippen LogP contribution in [0, 0.1) is 16.0 Å². The summed E-state index contributed by atoms with van der Waals surface area (Å²) in [6.07, 6.45) is 1.21. The standard InChI is InChI=1S/C16H25N3O5S/c1-6-15(16(20)17-12(4)11(2)3)18(25(5,23)24)13-8-7-9-14(10-13)19(21)22/h7-12,15H,6H2,1-5H3,(H,17,20)/t12-,15-/m1/s1. The monoisotopic (exact) mass is 371 g/mol. The van der Waals surface area contributed by atoms with Crippen LogP contribution >= 0.6 is 0 Å². The number of nitrogens with one attached hydrogen (secondary N) is 1. The Bertz CT molecular complexity index is 733. The molecule has 1 amide bonds. The highest BCUT2D eigenvalue weighted by molar-refractivity contribution is 7.92. The van der Waals surface area contributed by atoms with Crippen LogP contribution < -0.4 is 9.62 Å². The molecular formula is C16H25N3O5S. The van der Waals surface area contributed by atoms with E-state index in [0.29, 0.717) is 0 Å². The van der Waals surface area contributed by atoms with Gasteiger partial charge in [0.15, 0.2) is 0 Å². The fraction of sp³-hybridized carbons (Fsp3) is 0.562. The molecule has 1 rings (SSSR count). The second-order valence-corrected chi connectivity index (χ2v) is 8.16. The molecule has 0 spiro atoms. The van der Waals surface area contributed by atoms with Crippen molar-refractivity contribution in [2.24, 2.45) is 5.92 Å². The van der Waals surface area contributed by atoms with Gasteiger partial charge in [0, 0.05) is 18.2 Å². The second-order valence-electron chi connectivity index (χ2n) is 6.30. The lowest BCUT2D eigenvalue weighted by atomic mass is 10.1. The van der Waals surface area contributed by atoms with E-state index in [1.807, 2.05) is 20.8 Å². The molecule has 9 heteroatoms. The van der Waals surface area contributed by atoms with Crippen molar-refractivity contribution in [1.82, 2.24) is 5.32 Å². The molecule has 0 saturated carbocycles. The van der Waals surface area contributed by atoms with E-state index in [2.05, 4.69) is 5.32 Å². The number of nitro benzene ring substituents is 1. The van der Waals surface area contributed by atoms with Gasteiger partial charge in [-0.05, 0) is 25.3 Å². The van der Waals surface area contributed by atoms with Crippen LogP contribution in [0.3, 0.4) is 0 Å². The molecule has 0 aliphatic rings. The molecule has 1 aromatic carbocycles. The third kappa shape index (κ3) is 5.42. The first-order valence-electron chi connectivity index (χ1n) is 8.03. The van der Waals surface area contributed by atoms with Gasteiger partial charge < -0.3 is 5.32 Å². The molecule has 2 atom stereocenters. The molecule has 1 N–H and O–H groups in total. The Morgan fingerprint density at radius 1 is 1.32 bits per heavy atom. The summed E-state index contributed by atoms with van der Waals surface area (Å²) in [6.45, 7) is 7.43. The number of nitrogens with zero attached hydrogens (tertiary/aromatic N) is 2. The SMILES string of the molecule is CC[C@H](C(=O)N[C@H](C)C(C)C)N(c1cccc([N+](=O)[O-])c1)S(C)(=O)=O. The first-order valence-corrected chi connectivity index (χ1v) is 9.88. The van der Waals surface area contributed by atoms with E-state index in [1.54, 1.807) is 6.92 Å². The number of carbonyl (C=O) groups excluding carboxylic acids is 1. The maximum Gasteiger partial charge on any atom is 0.271 e. The maximum atomic E-state index is 12.6. The molecule has 25 heavy (non-hydrogen) atoms. The van der Waals surface area contributed by atoms with Crippen LogP contribution in [0.25, 0.3) is 0 Å². The zero-order valence-corrected chi connectivity index (χ0v) is 15.9. The van der Waals surface area contributed by atoms with E-state index in [4.69, 9.17) is 0 Å². The molecule has 1 aromatic rings. The minimum atomic E-state index is -3.82. The molecule has 0 fully saturated rings. The number of hydrogen-bond donors (Lipinski definition) is 1. The van der Waals surface area contributed by atoms with Gasteiger partial charge in [0.2, 0.25) is 15.9 Å². The fourth-order valence-electron chi connectivity index (χ4n) is 2.29. The van der Waals surface area contributed by atoms with Gasteiger partial charge in [-0.3, -0.25) is 19.2 Å². The molecule has 0 heterocycles. The molecule has 140 valence electrons. The number of anilines is 1. The average Bonchev–Trinajstić information content (AvgIpc) is 2.50. The quantitative estimate of drug-likeness (QED) is 0.557. The first kappa shape index (κ1) is 20.9. The van der Waals surface area contributed by atoms with Gasteiger partial charge in [-0.1, -0.05) is 26.8 Å². The molecule has 0 aliphatic carbocycles. The van der Waals surface area contributed by atoms with Gasteiger partial charge in [-0.15, -0.1) is 0 Å². The Labute approximate surface area is 148 Å². The number of rotatable bonds is 8. The summed E-state index contributed by atoms with van der Waals surface area (Å²) in [7, 11) is -3.82. The van der Waals surface area contributed by atoms with Gasteiger partial charge >= 0.3 is 0 Å². The van der Waals surface area contributed by atoms with E-state index in [-0.39, 0.29) is 29.8 Å². The molecular weight excluding hydrogens is 346 g/mol. The average molecular weight is 371 g/mol. The lowest BCUT2D eigenvalue weighted by Gasteiger charge is -2.31. The van der Waals surface area contributed by atoms with E-state index in [9.17, 15) is 23.3 Å². The third-order valence-corrected chi connectivity index (χ3v) is 5.17. The van der Waals surface area contributed by atoms with E-state index < -0.39 is 26.9 Å². The van der Waals surface area contributed by atoms with E-state index in [1.165, 1.54) is 18.2 Å². The Hall–Kier alpha value is -2.16. The van der Waals surface area contributed by atoms with Gasteiger partial charge in [0.05, 0.1) is 16.9 Å². The Kier molecular flexibility index (Phi) is 6.92. The summed E-state index contributed by atoms with van der Waals surface area (Å²) in [6, 6.07) is 4.14. The van der Waals surface area contributed by atoms with Crippen molar-refractivity contribution in [3.63, 3.8) is 0 Å². The van der Waals surface area contributed by atoms with Gasteiger partial charge in [0.1, 0.15) is 6.04 Å². The number of non-ortho nitro benzene ring substituents is 1. The number of hydrogen-bond acceptors (Lipinski definition) is 5. The van der Waals surface area contributed by atoms with Gasteiger partial charge in [0.25, 0.3) is 5.69 Å². The largest absolute Gasteiger partial charge is 0.352 e. The summed E-state index contributed by atoms with van der Waals surface area (Å²) in [5.41, 5.74) is -0.146. The molecule has 0 aromatic heterocycles. The van der Waals surface area contributed by atoms with E-state index >= 15 is 0 Å². The topological polar surface area (TPSA) is 110 Å². The minimum absolute atomic E-state index is 0.0934. The van der Waals surface area contributed by atoms with Crippen molar-refractivity contribution in [2.75, 3.05) is 10.6 Å². The normalized spacial score (nSPS) is 14.0. The molecule has 8 nitrogen and oxygen atoms in total. The Balaban J connectivity index is 3.31. The summed E-state index contributed by atoms with van der Waals surface area (Å²) in [5, 5.41) is 13.8. The highest BCUT2D eigenvalue weighted by atomic mass is 32.2. The van der Waals surface area contributed by atoms with E-state index in [0.717, 1.165) is 16.6 Å². The van der Waals surface area contributed by atoms with Gasteiger partial charge in [-0.2, -0.15) is 0 Å². The number of amides is 1. The number of benzene rings is 1. The Morgan fingerprint density at radius 2 is 1.92 bits per heavy atom. The number of carbonyl (C=O) groups is 1. The predicted molar refractivity (Wildman–Crippen MR) is 96.9 cm³/mol. The molecule has 0 unspecified atom stereocenters. The maximum absolute atomic E-state index is 12.6. The fourth-order valence-corrected chi connectivity index (χ4v) is 3.49. The number of nitro groups is 1. The third-order valence-electron chi connectivity index (χ3n) is 3.99. The first-order chi connectivity index (χ1) is 11.5. The van der Waals surface area contributed by atoms with Crippen molar-refractivity contribution < 1.29 is 18.1 Å². The molecule has 0 aliphatic heterocycles. The lowest BCUT2D eigenvalue weighted by Crippen LogP contribution is -2.52. The minimum Gasteiger partial charge on any atom is -0.352 e. The van der Waals surface area contributed by atoms with Crippen molar-refractivity contribution in [3.8, 4) is 0 Å². The van der Waals surface area contributed by atoms with Crippen LogP contribution in [0.15, 0.2) is 24.3 Å². The van der Waals surface area contributed by atoms with Crippen molar-refractivity contribution >= 4 is 27.3 Å². The van der Waals surface area contributed by atoms with Crippen molar-refractivity contribution in [2.45, 2.75) is 46.2 Å². The van der Waals surface area contributed by atoms with Crippen LogP contribution in [0.2, 0.25) is 0 Å². The summed E-state index contributed by atoms with van der Waals surface area (Å²) in [5.74, 6) is -0.244. The second kappa shape index (κ2) is 8.28. The molecule has 0 bridgehead atoms. The predicted octanol–water partition coefficient (Wildman–Crippen LogP) is 2.30. The summed E-state index contributed by atoms with van der Waals surface area (Å²) >= 11 is 0. The smallest absolute Gasteiger partial charge is 0.271 e. The van der Waals surface area contributed by atoms with Gasteiger partial charge in [-0.25, -0.2) is 8.42 Å². The summed E-state index contributed by atoms with van der Waals surface area (Å²) in [4.78, 5) is 23.0. The zero-order chi connectivity index (χ0) is 19.4. The van der Waals surface area contributed by atoms with Crippen molar-refractivity contribution in [1.29, 1.82) is 0 Å². The highest BCUT2D eigenvalue weighted by Gasteiger charge is 2.33. The molecule has 0 radical (unpaired) electrons. The van der Waals surface area contributed by atoms with Crippen LogP contribution in [0.4, 0.5) is 11.4 Å². The summed E-state index contributed by atoms with van der Waals surface area (Å²) < 4.78 is 25.6. The lowest BCUT2D eigenvalue weighted by molar-refractivity contribution is -0.384. The van der Waals surface area contributed by atoms with Crippen LogP contribution in [0.5, 0.6) is 0 Å². The van der Waals surface area contributed by atoms with Crippen LogP contribution in [-0.4, -0.2) is 37.6 Å². The Morgan fingerprint density at radius 3 is 2.36 bits per heavy atom. The van der Waals surface area contributed by atoms with Crippen LogP contribution in [0.1, 0.15) is 34.1 Å². The molecule has 0 saturated heterocycles. The van der Waals surface area contributed by atoms with Crippen molar-refractivity contribution in [3.05, 3.63) is 34.4 Å². The van der Waals surface area contributed by atoms with Crippen LogP contribution in [-0.2, 0) is 14.8 Å². The zero-order valence-electron chi connectivity index (χ0n) is 15.1.